The summed E-state index contributed by atoms with van der Waals surface area (Å²) in [6.45, 7) is 0.544. The molecule has 0 amide bonds. The summed E-state index contributed by atoms with van der Waals surface area (Å²) in [5.74, 6) is 0.353. The van der Waals surface area contributed by atoms with E-state index in [0.717, 1.165) is 11.8 Å². The molecular formula is C9H9N5O. The van der Waals surface area contributed by atoms with Crippen LogP contribution >= 0.6 is 0 Å². The topological polar surface area (TPSA) is 83.6 Å². The second kappa shape index (κ2) is 4.32. The molecule has 15 heavy (non-hydrogen) atoms. The van der Waals surface area contributed by atoms with E-state index in [2.05, 4.69) is 25.5 Å². The molecule has 2 aromatic rings. The second-order valence-electron chi connectivity index (χ2n) is 2.90. The molecule has 0 aliphatic heterocycles. The number of hydrogen-bond acceptors (Lipinski definition) is 5. The standard InChI is InChI=1S/C9H9N5O/c15-8-6-12-14-9(13-8)11-5-7-2-1-3-10-4-7/h1-4,6H,5H2,(H2,11,13,14,15). The first-order valence-electron chi connectivity index (χ1n) is 4.39. The molecular weight excluding hydrogens is 194 g/mol. The molecule has 0 radical (unpaired) electrons. The first-order valence-corrected chi connectivity index (χ1v) is 4.39. The van der Waals surface area contributed by atoms with Crippen molar-refractivity contribution in [1.82, 2.24) is 20.2 Å². The second-order valence-corrected chi connectivity index (χ2v) is 2.90. The summed E-state index contributed by atoms with van der Waals surface area (Å²) in [4.78, 5) is 17.4. The van der Waals surface area contributed by atoms with Gasteiger partial charge >= 0.3 is 0 Å². The Hall–Kier alpha value is -2.24. The molecule has 2 aromatic heterocycles. The molecule has 0 aliphatic carbocycles. The molecule has 0 fully saturated rings. The predicted octanol–water partition coefficient (Wildman–Crippen LogP) is 0.172. The lowest BCUT2D eigenvalue weighted by Crippen LogP contribution is -2.12. The first kappa shape index (κ1) is 9.32. The summed E-state index contributed by atoms with van der Waals surface area (Å²) in [6.07, 6.45) is 4.56. The van der Waals surface area contributed by atoms with Crippen LogP contribution < -0.4 is 10.9 Å². The summed E-state index contributed by atoms with van der Waals surface area (Å²) in [5.41, 5.74) is 0.725. The zero-order valence-corrected chi connectivity index (χ0v) is 7.84. The predicted molar refractivity (Wildman–Crippen MR) is 54.2 cm³/mol. The van der Waals surface area contributed by atoms with E-state index < -0.39 is 0 Å². The number of aromatic amines is 1. The summed E-state index contributed by atoms with van der Waals surface area (Å²) in [6, 6.07) is 3.77. The van der Waals surface area contributed by atoms with Crippen LogP contribution in [0.4, 0.5) is 5.95 Å². The smallest absolute Gasteiger partial charge is 0.271 e. The Labute approximate surface area is 85.4 Å². The number of hydrogen-bond donors (Lipinski definition) is 2. The average Bonchev–Trinajstić information content (AvgIpc) is 2.28. The van der Waals surface area contributed by atoms with Crippen molar-refractivity contribution in [2.24, 2.45) is 0 Å². The molecule has 0 bridgehead atoms. The Bertz CT molecular complexity index is 481. The maximum atomic E-state index is 10.9. The number of rotatable bonds is 3. The first-order chi connectivity index (χ1) is 7.34. The normalized spacial score (nSPS) is 9.87. The van der Waals surface area contributed by atoms with Crippen LogP contribution in [0, 0.1) is 0 Å². The van der Waals surface area contributed by atoms with Crippen molar-refractivity contribution in [2.45, 2.75) is 6.54 Å². The van der Waals surface area contributed by atoms with Crippen LogP contribution in [0.15, 0.2) is 35.5 Å². The molecule has 76 valence electrons. The van der Waals surface area contributed by atoms with Gasteiger partial charge in [-0.1, -0.05) is 6.07 Å². The van der Waals surface area contributed by atoms with Gasteiger partial charge in [0, 0.05) is 18.9 Å². The van der Waals surface area contributed by atoms with E-state index in [9.17, 15) is 4.79 Å². The van der Waals surface area contributed by atoms with E-state index in [4.69, 9.17) is 0 Å². The van der Waals surface area contributed by atoms with Gasteiger partial charge in [0.15, 0.2) is 0 Å². The highest BCUT2D eigenvalue weighted by Crippen LogP contribution is 1.98. The highest BCUT2D eigenvalue weighted by atomic mass is 16.1. The molecule has 0 aliphatic rings. The van der Waals surface area contributed by atoms with Crippen molar-refractivity contribution in [3.63, 3.8) is 0 Å². The van der Waals surface area contributed by atoms with Crippen molar-refractivity contribution in [3.05, 3.63) is 46.6 Å². The molecule has 6 heteroatoms. The van der Waals surface area contributed by atoms with Crippen molar-refractivity contribution in [1.29, 1.82) is 0 Å². The van der Waals surface area contributed by atoms with E-state index >= 15 is 0 Å². The molecule has 0 saturated carbocycles. The third-order valence-corrected chi connectivity index (χ3v) is 1.76. The monoisotopic (exact) mass is 203 g/mol. The van der Waals surface area contributed by atoms with Gasteiger partial charge in [-0.25, -0.2) is 0 Å². The largest absolute Gasteiger partial charge is 0.350 e. The maximum Gasteiger partial charge on any atom is 0.271 e. The van der Waals surface area contributed by atoms with Gasteiger partial charge in [0.1, 0.15) is 6.20 Å². The van der Waals surface area contributed by atoms with Crippen molar-refractivity contribution >= 4 is 5.95 Å². The summed E-state index contributed by atoms with van der Waals surface area (Å²) in [7, 11) is 0. The van der Waals surface area contributed by atoms with Gasteiger partial charge in [-0.15, -0.1) is 10.2 Å². The number of nitrogens with one attached hydrogen (secondary N) is 2. The molecule has 2 rings (SSSR count). The van der Waals surface area contributed by atoms with E-state index in [0.29, 0.717) is 12.5 Å². The molecule has 2 N–H and O–H groups in total. The molecule has 0 atom stereocenters. The van der Waals surface area contributed by atoms with Crippen molar-refractivity contribution in [2.75, 3.05) is 5.32 Å². The van der Waals surface area contributed by atoms with Gasteiger partial charge in [-0.3, -0.25) is 14.8 Å². The van der Waals surface area contributed by atoms with E-state index in [1.54, 1.807) is 12.4 Å². The quantitative estimate of drug-likeness (QED) is 0.743. The fourth-order valence-electron chi connectivity index (χ4n) is 1.08. The minimum absolute atomic E-state index is 0.279. The molecule has 0 saturated heterocycles. The third kappa shape index (κ3) is 2.60. The minimum atomic E-state index is -0.279. The zero-order valence-electron chi connectivity index (χ0n) is 7.84. The lowest BCUT2D eigenvalue weighted by atomic mass is 10.3. The van der Waals surface area contributed by atoms with Gasteiger partial charge in [0.25, 0.3) is 5.56 Å². The minimum Gasteiger partial charge on any atom is -0.350 e. The van der Waals surface area contributed by atoms with Crippen molar-refractivity contribution < 1.29 is 0 Å². The van der Waals surface area contributed by atoms with Crippen LogP contribution in [-0.4, -0.2) is 20.2 Å². The highest BCUT2D eigenvalue weighted by Gasteiger charge is 1.95. The number of anilines is 1. The fraction of sp³-hybridized carbons (Fsp3) is 0.111. The van der Waals surface area contributed by atoms with Crippen LogP contribution in [0.5, 0.6) is 0 Å². The van der Waals surface area contributed by atoms with Crippen LogP contribution in [-0.2, 0) is 6.54 Å². The lowest BCUT2D eigenvalue weighted by molar-refractivity contribution is 0.923. The Balaban J connectivity index is 2.02. The number of nitrogens with zero attached hydrogens (tertiary/aromatic N) is 3. The van der Waals surface area contributed by atoms with E-state index in [1.807, 2.05) is 12.1 Å². The van der Waals surface area contributed by atoms with Gasteiger partial charge < -0.3 is 5.32 Å². The van der Waals surface area contributed by atoms with Crippen LogP contribution in [0.3, 0.4) is 0 Å². The van der Waals surface area contributed by atoms with Gasteiger partial charge in [0.05, 0.1) is 0 Å². The highest BCUT2D eigenvalue weighted by molar-refractivity contribution is 5.23. The summed E-state index contributed by atoms with van der Waals surface area (Å²) in [5, 5.41) is 10.2. The summed E-state index contributed by atoms with van der Waals surface area (Å²) < 4.78 is 0. The molecule has 2 heterocycles. The van der Waals surface area contributed by atoms with Gasteiger partial charge in [-0.05, 0) is 11.6 Å². The zero-order chi connectivity index (χ0) is 10.5. The fourth-order valence-corrected chi connectivity index (χ4v) is 1.08. The Kier molecular flexibility index (Phi) is 2.68. The molecule has 0 spiro atoms. The third-order valence-electron chi connectivity index (χ3n) is 1.76. The molecule has 0 aromatic carbocycles. The van der Waals surface area contributed by atoms with Gasteiger partial charge in [-0.2, -0.15) is 0 Å². The Morgan fingerprint density at radius 1 is 1.40 bits per heavy atom. The number of aromatic nitrogens is 4. The van der Waals surface area contributed by atoms with Crippen LogP contribution in [0.2, 0.25) is 0 Å². The lowest BCUT2D eigenvalue weighted by Gasteiger charge is -2.02. The average molecular weight is 203 g/mol. The van der Waals surface area contributed by atoms with Crippen LogP contribution in [0.25, 0.3) is 0 Å². The van der Waals surface area contributed by atoms with Gasteiger partial charge in [0.2, 0.25) is 5.95 Å². The SMILES string of the molecule is O=c1cnnc(NCc2cccnc2)[nH]1. The number of pyridine rings is 1. The summed E-state index contributed by atoms with van der Waals surface area (Å²) >= 11 is 0. The Morgan fingerprint density at radius 3 is 3.07 bits per heavy atom. The van der Waals surface area contributed by atoms with Crippen LogP contribution in [0.1, 0.15) is 5.56 Å². The van der Waals surface area contributed by atoms with E-state index in [-0.39, 0.29) is 5.56 Å². The molecule has 6 nitrogen and oxygen atoms in total. The molecule has 0 unspecified atom stereocenters. The maximum absolute atomic E-state index is 10.9. The van der Waals surface area contributed by atoms with Crippen molar-refractivity contribution in [3.8, 4) is 0 Å². The van der Waals surface area contributed by atoms with E-state index in [1.165, 1.54) is 0 Å². The number of H-pyrrole nitrogens is 1. The Morgan fingerprint density at radius 2 is 2.33 bits per heavy atom.